The maximum atomic E-state index is 12.7. The van der Waals surface area contributed by atoms with Crippen LogP contribution in [0.4, 0.5) is 13.2 Å². The number of amides is 1. The number of fused-ring (bicyclic) bond motifs is 1. The number of hydrogen-bond acceptors (Lipinski definition) is 5. The molecule has 3 heterocycles. The van der Waals surface area contributed by atoms with Crippen LogP contribution in [-0.2, 0) is 4.79 Å². The van der Waals surface area contributed by atoms with Crippen LogP contribution in [0.3, 0.4) is 0 Å². The molecular weight excluding hydrogens is 365 g/mol. The van der Waals surface area contributed by atoms with Crippen molar-refractivity contribution in [1.29, 1.82) is 0 Å². The van der Waals surface area contributed by atoms with E-state index in [-0.39, 0.29) is 24.1 Å². The topological polar surface area (TPSA) is 85.9 Å². The lowest BCUT2D eigenvalue weighted by atomic mass is 10.2. The van der Waals surface area contributed by atoms with E-state index in [1.807, 2.05) is 6.07 Å². The van der Waals surface area contributed by atoms with Gasteiger partial charge in [-0.05, 0) is 18.6 Å². The average Bonchev–Trinajstić information content (AvgIpc) is 3.20. The Kier molecular flexibility index (Phi) is 3.93. The maximum absolute atomic E-state index is 12.7. The minimum atomic E-state index is -4.49. The molecule has 0 N–H and O–H groups in total. The highest BCUT2D eigenvalue weighted by molar-refractivity contribution is 5.83. The first-order valence-corrected chi connectivity index (χ1v) is 8.09. The Morgan fingerprint density at radius 3 is 2.59 bits per heavy atom. The standard InChI is InChI=1S/C16H13F3N6O2/c17-16(18,19)8-23-7-6-11(14(23)26)24-9-20-13-12(15(24)27)21-22-25(13)10-4-2-1-3-5-10/h1-5,9,11H,6-8H2/t11-/m1/s1. The van der Waals surface area contributed by atoms with Crippen LogP contribution in [0.15, 0.2) is 41.5 Å². The van der Waals surface area contributed by atoms with Gasteiger partial charge in [0.15, 0.2) is 11.2 Å². The molecule has 0 aliphatic carbocycles. The summed E-state index contributed by atoms with van der Waals surface area (Å²) >= 11 is 0. The fourth-order valence-corrected chi connectivity index (χ4v) is 3.14. The predicted molar refractivity (Wildman–Crippen MR) is 87.2 cm³/mol. The third kappa shape index (κ3) is 3.04. The van der Waals surface area contributed by atoms with Crippen LogP contribution in [0.2, 0.25) is 0 Å². The first-order valence-electron chi connectivity index (χ1n) is 8.09. The Labute approximate surface area is 149 Å². The van der Waals surface area contributed by atoms with E-state index in [2.05, 4.69) is 15.3 Å². The molecule has 1 aliphatic rings. The highest BCUT2D eigenvalue weighted by atomic mass is 19.4. The number of halogens is 3. The molecule has 11 heteroatoms. The van der Waals surface area contributed by atoms with Crippen molar-refractivity contribution < 1.29 is 18.0 Å². The number of carbonyl (C=O) groups is 1. The molecule has 1 aliphatic heterocycles. The molecule has 0 spiro atoms. The minimum Gasteiger partial charge on any atom is -0.332 e. The Morgan fingerprint density at radius 2 is 1.89 bits per heavy atom. The second-order valence-corrected chi connectivity index (χ2v) is 6.15. The van der Waals surface area contributed by atoms with Crippen molar-refractivity contribution in [3.05, 3.63) is 47.0 Å². The molecule has 1 fully saturated rings. The molecular formula is C16H13F3N6O2. The van der Waals surface area contributed by atoms with Crippen molar-refractivity contribution in [2.75, 3.05) is 13.1 Å². The Balaban J connectivity index is 1.70. The number of benzene rings is 1. The van der Waals surface area contributed by atoms with E-state index in [4.69, 9.17) is 0 Å². The number of nitrogens with zero attached hydrogens (tertiary/aromatic N) is 6. The molecule has 0 radical (unpaired) electrons. The van der Waals surface area contributed by atoms with Gasteiger partial charge in [-0.3, -0.25) is 14.2 Å². The summed E-state index contributed by atoms with van der Waals surface area (Å²) < 4.78 is 40.1. The number of aromatic nitrogens is 5. The summed E-state index contributed by atoms with van der Waals surface area (Å²) in [5, 5.41) is 7.77. The van der Waals surface area contributed by atoms with Gasteiger partial charge in [-0.25, -0.2) is 4.98 Å². The zero-order chi connectivity index (χ0) is 19.2. The van der Waals surface area contributed by atoms with E-state index in [0.29, 0.717) is 10.6 Å². The van der Waals surface area contributed by atoms with Gasteiger partial charge in [-0.1, -0.05) is 23.4 Å². The fourth-order valence-electron chi connectivity index (χ4n) is 3.14. The van der Waals surface area contributed by atoms with Crippen LogP contribution in [0.5, 0.6) is 0 Å². The van der Waals surface area contributed by atoms with Gasteiger partial charge in [-0.15, -0.1) is 5.10 Å². The highest BCUT2D eigenvalue weighted by Gasteiger charge is 2.40. The summed E-state index contributed by atoms with van der Waals surface area (Å²) in [6.07, 6.45) is -3.24. The van der Waals surface area contributed by atoms with E-state index < -0.39 is 30.2 Å². The number of rotatable bonds is 3. The third-order valence-corrected chi connectivity index (χ3v) is 4.36. The molecule has 1 aromatic carbocycles. The lowest BCUT2D eigenvalue weighted by Gasteiger charge is -2.18. The highest BCUT2D eigenvalue weighted by Crippen LogP contribution is 2.26. The van der Waals surface area contributed by atoms with Crippen LogP contribution in [0, 0.1) is 0 Å². The third-order valence-electron chi connectivity index (χ3n) is 4.36. The summed E-state index contributed by atoms with van der Waals surface area (Å²) in [7, 11) is 0. The monoisotopic (exact) mass is 378 g/mol. The van der Waals surface area contributed by atoms with Crippen molar-refractivity contribution in [2.24, 2.45) is 0 Å². The Hall–Kier alpha value is -3.24. The van der Waals surface area contributed by atoms with Crippen LogP contribution < -0.4 is 5.56 Å². The summed E-state index contributed by atoms with van der Waals surface area (Å²) in [5.41, 5.74) is 0.191. The molecule has 0 unspecified atom stereocenters. The summed E-state index contributed by atoms with van der Waals surface area (Å²) in [6.45, 7) is -1.42. The van der Waals surface area contributed by atoms with Gasteiger partial charge in [0.05, 0.1) is 5.69 Å². The summed E-state index contributed by atoms with van der Waals surface area (Å²) in [4.78, 5) is 29.9. The predicted octanol–water partition coefficient (Wildman–Crippen LogP) is 1.31. The molecule has 0 bridgehead atoms. The Bertz CT molecular complexity index is 1060. The number of likely N-dealkylation sites (tertiary alicyclic amines) is 1. The van der Waals surface area contributed by atoms with Crippen LogP contribution in [-0.4, -0.2) is 54.6 Å². The van der Waals surface area contributed by atoms with Crippen molar-refractivity contribution >= 4 is 17.1 Å². The van der Waals surface area contributed by atoms with E-state index in [0.717, 1.165) is 10.9 Å². The van der Waals surface area contributed by atoms with E-state index in [1.54, 1.807) is 24.3 Å². The SMILES string of the molecule is O=C1[C@H](n2cnc3c(nnn3-c3ccccc3)c2=O)CCN1CC(F)(F)F. The van der Waals surface area contributed by atoms with Crippen molar-refractivity contribution in [2.45, 2.75) is 18.6 Å². The van der Waals surface area contributed by atoms with Crippen molar-refractivity contribution in [3.63, 3.8) is 0 Å². The molecule has 3 aromatic rings. The molecule has 0 saturated carbocycles. The normalized spacial score (nSPS) is 17.8. The number of para-hydroxylation sites is 1. The first-order chi connectivity index (χ1) is 12.8. The smallest absolute Gasteiger partial charge is 0.332 e. The van der Waals surface area contributed by atoms with Gasteiger partial charge < -0.3 is 4.90 Å². The van der Waals surface area contributed by atoms with Gasteiger partial charge in [-0.2, -0.15) is 17.9 Å². The molecule has 4 rings (SSSR count). The van der Waals surface area contributed by atoms with Gasteiger partial charge >= 0.3 is 6.18 Å². The summed E-state index contributed by atoms with van der Waals surface area (Å²) in [5.74, 6) is -0.758. The molecule has 1 saturated heterocycles. The molecule has 1 atom stereocenters. The van der Waals surface area contributed by atoms with Gasteiger partial charge in [0.2, 0.25) is 5.91 Å². The van der Waals surface area contributed by atoms with Crippen LogP contribution in [0.1, 0.15) is 12.5 Å². The lowest BCUT2D eigenvalue weighted by molar-refractivity contribution is -0.158. The largest absolute Gasteiger partial charge is 0.406 e. The number of carbonyl (C=O) groups excluding carboxylic acids is 1. The second-order valence-electron chi connectivity index (χ2n) is 6.15. The second kappa shape index (κ2) is 6.18. The minimum absolute atomic E-state index is 0.0524. The van der Waals surface area contributed by atoms with E-state index in [9.17, 15) is 22.8 Å². The number of hydrogen-bond donors (Lipinski definition) is 0. The van der Waals surface area contributed by atoms with Crippen LogP contribution in [0.25, 0.3) is 16.9 Å². The zero-order valence-corrected chi connectivity index (χ0v) is 13.8. The zero-order valence-electron chi connectivity index (χ0n) is 13.8. The number of alkyl halides is 3. The molecule has 8 nitrogen and oxygen atoms in total. The summed E-state index contributed by atoms with van der Waals surface area (Å²) in [6, 6.07) is 7.89. The molecule has 27 heavy (non-hydrogen) atoms. The first kappa shape index (κ1) is 17.2. The quantitative estimate of drug-likeness (QED) is 0.686. The average molecular weight is 378 g/mol. The van der Waals surface area contributed by atoms with E-state index >= 15 is 0 Å². The van der Waals surface area contributed by atoms with E-state index in [1.165, 1.54) is 4.68 Å². The molecule has 1 amide bonds. The van der Waals surface area contributed by atoms with Crippen molar-refractivity contribution in [1.82, 2.24) is 29.4 Å². The van der Waals surface area contributed by atoms with Crippen molar-refractivity contribution in [3.8, 4) is 5.69 Å². The van der Waals surface area contributed by atoms with Gasteiger partial charge in [0, 0.05) is 6.54 Å². The van der Waals surface area contributed by atoms with Gasteiger partial charge in [0.25, 0.3) is 5.56 Å². The molecule has 140 valence electrons. The molecule has 2 aromatic heterocycles. The fraction of sp³-hybridized carbons (Fsp3) is 0.312. The van der Waals surface area contributed by atoms with Crippen LogP contribution >= 0.6 is 0 Å². The van der Waals surface area contributed by atoms with Gasteiger partial charge in [0.1, 0.15) is 18.9 Å². The lowest BCUT2D eigenvalue weighted by Crippen LogP contribution is -2.38. The maximum Gasteiger partial charge on any atom is 0.406 e. The Morgan fingerprint density at radius 1 is 1.15 bits per heavy atom.